The number of hydrogen-bond acceptors (Lipinski definition) is 4. The largest absolute Gasteiger partial charge is 0.338 e. The average Bonchev–Trinajstić information content (AvgIpc) is 3.01. The highest BCUT2D eigenvalue weighted by molar-refractivity contribution is 5.55. The molecule has 19 heavy (non-hydrogen) atoms. The number of halogens is 1. The fraction of sp³-hybridized carbons (Fsp3) is 0.286. The average molecular weight is 259 g/mol. The lowest BCUT2D eigenvalue weighted by Crippen LogP contribution is -2.14. The molecule has 0 bridgehead atoms. The highest BCUT2D eigenvalue weighted by Crippen LogP contribution is 2.28. The minimum absolute atomic E-state index is 0.0495. The van der Waals surface area contributed by atoms with Crippen LogP contribution in [-0.2, 0) is 0 Å². The first kappa shape index (κ1) is 12.0. The molecule has 0 radical (unpaired) electrons. The SMILES string of the molecule is Cc1cc(-c2noc(C3C=CC(N)C3)n2)ccc1F. The summed E-state index contributed by atoms with van der Waals surface area (Å²) in [7, 11) is 0. The molecular weight excluding hydrogens is 245 g/mol. The molecule has 2 atom stereocenters. The summed E-state index contributed by atoms with van der Waals surface area (Å²) in [6.45, 7) is 1.71. The molecule has 1 aromatic heterocycles. The van der Waals surface area contributed by atoms with Gasteiger partial charge in [0.05, 0.1) is 5.92 Å². The van der Waals surface area contributed by atoms with Gasteiger partial charge in [-0.25, -0.2) is 4.39 Å². The standard InChI is InChI=1S/C14H14FN3O/c1-8-6-9(3-5-12(8)15)13-17-14(19-18-13)10-2-4-11(16)7-10/h2-6,10-11H,7,16H2,1H3. The second-order valence-corrected chi connectivity index (χ2v) is 4.81. The molecule has 1 aliphatic rings. The minimum Gasteiger partial charge on any atom is -0.338 e. The van der Waals surface area contributed by atoms with Gasteiger partial charge in [-0.1, -0.05) is 17.3 Å². The molecule has 1 aliphatic carbocycles. The third-order valence-electron chi connectivity index (χ3n) is 3.29. The summed E-state index contributed by atoms with van der Waals surface area (Å²) in [4.78, 5) is 4.36. The maximum Gasteiger partial charge on any atom is 0.233 e. The molecule has 0 saturated carbocycles. The minimum atomic E-state index is -0.239. The van der Waals surface area contributed by atoms with Crippen LogP contribution in [0.5, 0.6) is 0 Å². The molecule has 0 aliphatic heterocycles. The molecule has 0 fully saturated rings. The highest BCUT2D eigenvalue weighted by Gasteiger charge is 2.23. The Bertz CT molecular complexity index is 635. The predicted octanol–water partition coefficient (Wildman–Crippen LogP) is 2.55. The van der Waals surface area contributed by atoms with Crippen LogP contribution < -0.4 is 5.73 Å². The van der Waals surface area contributed by atoms with Gasteiger partial charge in [-0.3, -0.25) is 0 Å². The van der Waals surface area contributed by atoms with E-state index in [2.05, 4.69) is 10.1 Å². The predicted molar refractivity (Wildman–Crippen MR) is 68.9 cm³/mol. The number of allylic oxidation sites excluding steroid dienone is 1. The van der Waals surface area contributed by atoms with E-state index in [1.165, 1.54) is 6.07 Å². The number of aryl methyl sites for hydroxylation is 1. The molecule has 2 aromatic rings. The molecule has 0 spiro atoms. The van der Waals surface area contributed by atoms with Gasteiger partial charge in [0.1, 0.15) is 5.82 Å². The van der Waals surface area contributed by atoms with E-state index in [4.69, 9.17) is 10.3 Å². The molecule has 1 heterocycles. The molecule has 4 nitrogen and oxygen atoms in total. The Balaban J connectivity index is 1.88. The summed E-state index contributed by atoms with van der Waals surface area (Å²) >= 11 is 0. The van der Waals surface area contributed by atoms with E-state index in [0.717, 1.165) is 12.0 Å². The Kier molecular flexibility index (Phi) is 2.91. The summed E-state index contributed by atoms with van der Waals surface area (Å²) in [5.74, 6) is 0.878. The lowest BCUT2D eigenvalue weighted by Gasteiger charge is -2.02. The zero-order chi connectivity index (χ0) is 13.4. The third kappa shape index (κ3) is 2.29. The van der Waals surface area contributed by atoms with Gasteiger partial charge in [0.25, 0.3) is 0 Å². The van der Waals surface area contributed by atoms with Gasteiger partial charge in [-0.15, -0.1) is 0 Å². The summed E-state index contributed by atoms with van der Waals surface area (Å²) in [6.07, 6.45) is 4.71. The topological polar surface area (TPSA) is 64.9 Å². The van der Waals surface area contributed by atoms with Gasteiger partial charge < -0.3 is 10.3 Å². The monoisotopic (exact) mass is 259 g/mol. The maximum absolute atomic E-state index is 13.2. The quantitative estimate of drug-likeness (QED) is 0.842. The van der Waals surface area contributed by atoms with Crippen molar-refractivity contribution < 1.29 is 8.91 Å². The van der Waals surface area contributed by atoms with Crippen molar-refractivity contribution in [3.8, 4) is 11.4 Å². The molecule has 2 unspecified atom stereocenters. The van der Waals surface area contributed by atoms with Crippen LogP contribution in [0, 0.1) is 12.7 Å². The van der Waals surface area contributed by atoms with Crippen LogP contribution in [0.25, 0.3) is 11.4 Å². The van der Waals surface area contributed by atoms with E-state index < -0.39 is 0 Å². The van der Waals surface area contributed by atoms with Gasteiger partial charge in [0.2, 0.25) is 11.7 Å². The normalized spacial score (nSPS) is 22.1. The van der Waals surface area contributed by atoms with Crippen LogP contribution in [0.3, 0.4) is 0 Å². The third-order valence-corrected chi connectivity index (χ3v) is 3.29. The summed E-state index contributed by atoms with van der Waals surface area (Å²) < 4.78 is 18.5. The number of nitrogens with zero attached hydrogens (tertiary/aromatic N) is 2. The second-order valence-electron chi connectivity index (χ2n) is 4.81. The number of aromatic nitrogens is 2. The van der Waals surface area contributed by atoms with Crippen LogP contribution in [0.4, 0.5) is 4.39 Å². The van der Waals surface area contributed by atoms with Crippen molar-refractivity contribution in [1.29, 1.82) is 0 Å². The van der Waals surface area contributed by atoms with Crippen molar-refractivity contribution in [2.75, 3.05) is 0 Å². The molecule has 0 saturated heterocycles. The van der Waals surface area contributed by atoms with Gasteiger partial charge in [-0.05, 0) is 37.1 Å². The fourth-order valence-corrected chi connectivity index (χ4v) is 2.20. The van der Waals surface area contributed by atoms with Crippen LogP contribution in [0.2, 0.25) is 0 Å². The molecule has 2 N–H and O–H groups in total. The van der Waals surface area contributed by atoms with E-state index in [-0.39, 0.29) is 17.8 Å². The Morgan fingerprint density at radius 2 is 2.21 bits per heavy atom. The van der Waals surface area contributed by atoms with Crippen LogP contribution in [-0.4, -0.2) is 16.2 Å². The molecule has 0 amide bonds. The van der Waals surface area contributed by atoms with E-state index >= 15 is 0 Å². The molecule has 98 valence electrons. The summed E-state index contributed by atoms with van der Waals surface area (Å²) in [6, 6.07) is 4.81. The van der Waals surface area contributed by atoms with Crippen molar-refractivity contribution in [1.82, 2.24) is 10.1 Å². The fourth-order valence-electron chi connectivity index (χ4n) is 2.20. The van der Waals surface area contributed by atoms with Crippen molar-refractivity contribution >= 4 is 0 Å². The highest BCUT2D eigenvalue weighted by atomic mass is 19.1. The van der Waals surface area contributed by atoms with Gasteiger partial charge in [0, 0.05) is 11.6 Å². The second kappa shape index (κ2) is 4.59. The molecule has 1 aromatic carbocycles. The van der Waals surface area contributed by atoms with Crippen LogP contribution in [0.15, 0.2) is 34.9 Å². The van der Waals surface area contributed by atoms with Gasteiger partial charge in [-0.2, -0.15) is 4.98 Å². The smallest absolute Gasteiger partial charge is 0.233 e. The number of nitrogens with two attached hydrogens (primary N) is 1. The Morgan fingerprint density at radius 3 is 2.89 bits per heavy atom. The zero-order valence-electron chi connectivity index (χ0n) is 10.5. The Labute approximate surface area is 110 Å². The number of hydrogen-bond donors (Lipinski definition) is 1. The lowest BCUT2D eigenvalue weighted by molar-refractivity contribution is 0.365. The van der Waals surface area contributed by atoms with Gasteiger partial charge >= 0.3 is 0 Å². The summed E-state index contributed by atoms with van der Waals surface area (Å²) in [5.41, 5.74) is 7.11. The van der Waals surface area contributed by atoms with E-state index in [1.807, 2.05) is 12.2 Å². The lowest BCUT2D eigenvalue weighted by atomic mass is 10.1. The first-order valence-electron chi connectivity index (χ1n) is 6.17. The first-order valence-corrected chi connectivity index (χ1v) is 6.17. The van der Waals surface area contributed by atoms with E-state index in [1.54, 1.807) is 19.1 Å². The van der Waals surface area contributed by atoms with Crippen LogP contribution >= 0.6 is 0 Å². The van der Waals surface area contributed by atoms with Crippen molar-refractivity contribution in [2.24, 2.45) is 5.73 Å². The van der Waals surface area contributed by atoms with Crippen LogP contribution in [0.1, 0.15) is 23.8 Å². The van der Waals surface area contributed by atoms with Crippen molar-refractivity contribution in [2.45, 2.75) is 25.3 Å². The zero-order valence-corrected chi connectivity index (χ0v) is 10.5. The van der Waals surface area contributed by atoms with Crippen molar-refractivity contribution in [3.63, 3.8) is 0 Å². The van der Waals surface area contributed by atoms with Gasteiger partial charge in [0.15, 0.2) is 0 Å². The Morgan fingerprint density at radius 1 is 1.37 bits per heavy atom. The van der Waals surface area contributed by atoms with E-state index in [9.17, 15) is 4.39 Å². The number of benzene rings is 1. The van der Waals surface area contributed by atoms with Crippen molar-refractivity contribution in [3.05, 3.63) is 47.6 Å². The number of rotatable bonds is 2. The molecule has 5 heteroatoms. The first-order chi connectivity index (χ1) is 9.13. The molecular formula is C14H14FN3O. The van der Waals surface area contributed by atoms with E-state index in [0.29, 0.717) is 17.3 Å². The molecule has 3 rings (SSSR count). The summed E-state index contributed by atoms with van der Waals surface area (Å²) in [5, 5.41) is 3.94. The Hall–Kier alpha value is -2.01. The maximum atomic E-state index is 13.2.